The van der Waals surface area contributed by atoms with Crippen LogP contribution in [0.5, 0.6) is 0 Å². The van der Waals surface area contributed by atoms with Gasteiger partial charge in [-0.2, -0.15) is 0 Å². The molecule has 0 spiro atoms. The Bertz CT molecular complexity index is 345. The van der Waals surface area contributed by atoms with Crippen LogP contribution in [0.4, 0.5) is 0 Å². The maximum Gasteiger partial charge on any atom is 0.177 e. The second-order valence-electron chi connectivity index (χ2n) is 4.28. The van der Waals surface area contributed by atoms with Gasteiger partial charge in [0, 0.05) is 11.4 Å². The molecule has 0 amide bonds. The molecule has 0 radical (unpaired) electrons. The van der Waals surface area contributed by atoms with Crippen molar-refractivity contribution in [3.8, 4) is 0 Å². The quantitative estimate of drug-likeness (QED) is 0.592. The van der Waals surface area contributed by atoms with Gasteiger partial charge in [0.15, 0.2) is 5.78 Å². The first-order valence-corrected chi connectivity index (χ1v) is 6.82. The standard InChI is InChI=1S/C13H16BrClO/c1-9(2)7-10-3-5-11(6-4-10)13(16)12(14)8-15/h3-6,9,12H,7-8H2,1-2H3. The van der Waals surface area contributed by atoms with Gasteiger partial charge in [0.25, 0.3) is 0 Å². The minimum atomic E-state index is -0.287. The molecule has 0 heterocycles. The smallest absolute Gasteiger partial charge is 0.177 e. The Labute approximate surface area is 110 Å². The second kappa shape index (κ2) is 6.41. The first-order valence-electron chi connectivity index (χ1n) is 5.37. The van der Waals surface area contributed by atoms with E-state index in [1.54, 1.807) is 0 Å². The maximum atomic E-state index is 11.8. The summed E-state index contributed by atoms with van der Waals surface area (Å²) in [6.07, 6.45) is 1.04. The summed E-state index contributed by atoms with van der Waals surface area (Å²) in [7, 11) is 0. The fourth-order valence-corrected chi connectivity index (χ4v) is 1.93. The summed E-state index contributed by atoms with van der Waals surface area (Å²) in [6, 6.07) is 7.78. The van der Waals surface area contributed by atoms with Crippen molar-refractivity contribution >= 4 is 33.3 Å². The van der Waals surface area contributed by atoms with Crippen LogP contribution in [0.15, 0.2) is 24.3 Å². The Hall–Kier alpha value is -0.340. The highest BCUT2D eigenvalue weighted by Gasteiger charge is 2.15. The molecule has 1 nitrogen and oxygen atoms in total. The average Bonchev–Trinajstić information content (AvgIpc) is 2.27. The van der Waals surface area contributed by atoms with Gasteiger partial charge in [-0.1, -0.05) is 54.0 Å². The van der Waals surface area contributed by atoms with Crippen LogP contribution in [0.2, 0.25) is 0 Å². The third-order valence-electron chi connectivity index (χ3n) is 2.30. The lowest BCUT2D eigenvalue weighted by Gasteiger charge is -2.07. The van der Waals surface area contributed by atoms with Crippen molar-refractivity contribution in [1.82, 2.24) is 0 Å². The van der Waals surface area contributed by atoms with Crippen molar-refractivity contribution < 1.29 is 4.79 Å². The number of carbonyl (C=O) groups is 1. The predicted octanol–water partition coefficient (Wildman–Crippen LogP) is 4.07. The van der Waals surface area contributed by atoms with Gasteiger partial charge in [-0.3, -0.25) is 4.79 Å². The lowest BCUT2D eigenvalue weighted by atomic mass is 10.0. The monoisotopic (exact) mass is 302 g/mol. The average molecular weight is 304 g/mol. The number of hydrogen-bond acceptors (Lipinski definition) is 1. The van der Waals surface area contributed by atoms with Crippen molar-refractivity contribution in [2.45, 2.75) is 25.1 Å². The van der Waals surface area contributed by atoms with Gasteiger partial charge < -0.3 is 0 Å². The largest absolute Gasteiger partial charge is 0.293 e. The number of carbonyl (C=O) groups excluding carboxylic acids is 1. The van der Waals surface area contributed by atoms with Crippen LogP contribution in [0, 0.1) is 5.92 Å². The van der Waals surface area contributed by atoms with E-state index in [0.717, 1.165) is 12.0 Å². The summed E-state index contributed by atoms with van der Waals surface area (Å²) in [5.74, 6) is 0.978. The lowest BCUT2D eigenvalue weighted by molar-refractivity contribution is 0.0997. The number of rotatable bonds is 5. The van der Waals surface area contributed by atoms with E-state index in [0.29, 0.717) is 11.8 Å². The van der Waals surface area contributed by atoms with Crippen LogP contribution < -0.4 is 0 Å². The fourth-order valence-electron chi connectivity index (χ4n) is 1.53. The Morgan fingerprint density at radius 2 is 1.88 bits per heavy atom. The minimum absolute atomic E-state index is 0.0473. The van der Waals surface area contributed by atoms with E-state index in [1.807, 2.05) is 24.3 Å². The molecule has 0 bridgehead atoms. The molecule has 0 aliphatic carbocycles. The molecule has 0 saturated carbocycles. The third kappa shape index (κ3) is 3.91. The van der Waals surface area contributed by atoms with E-state index in [4.69, 9.17) is 11.6 Å². The Kier molecular flexibility index (Phi) is 5.50. The molecule has 0 aliphatic rings. The zero-order valence-corrected chi connectivity index (χ0v) is 11.9. The molecule has 0 aliphatic heterocycles. The van der Waals surface area contributed by atoms with E-state index in [2.05, 4.69) is 29.8 Å². The van der Waals surface area contributed by atoms with Crippen molar-refractivity contribution in [1.29, 1.82) is 0 Å². The molecular weight excluding hydrogens is 287 g/mol. The van der Waals surface area contributed by atoms with E-state index >= 15 is 0 Å². The van der Waals surface area contributed by atoms with Crippen molar-refractivity contribution in [3.63, 3.8) is 0 Å². The van der Waals surface area contributed by atoms with Gasteiger partial charge in [0.05, 0.1) is 4.83 Å². The number of ketones is 1. The van der Waals surface area contributed by atoms with E-state index < -0.39 is 0 Å². The topological polar surface area (TPSA) is 17.1 Å². The number of halogens is 2. The molecule has 1 unspecified atom stereocenters. The summed E-state index contributed by atoms with van der Waals surface area (Å²) in [6.45, 7) is 4.36. The summed E-state index contributed by atoms with van der Waals surface area (Å²) in [4.78, 5) is 11.5. The lowest BCUT2D eigenvalue weighted by Crippen LogP contribution is -2.15. The predicted molar refractivity (Wildman–Crippen MR) is 72.7 cm³/mol. The zero-order chi connectivity index (χ0) is 12.1. The molecule has 1 rings (SSSR count). The minimum Gasteiger partial charge on any atom is -0.293 e. The highest BCUT2D eigenvalue weighted by molar-refractivity contribution is 9.10. The van der Waals surface area contributed by atoms with E-state index in [9.17, 15) is 4.79 Å². The van der Waals surface area contributed by atoms with Gasteiger partial charge in [-0.25, -0.2) is 0 Å². The van der Waals surface area contributed by atoms with Crippen molar-refractivity contribution in [2.24, 2.45) is 5.92 Å². The second-order valence-corrected chi connectivity index (χ2v) is 5.69. The third-order valence-corrected chi connectivity index (χ3v) is 3.72. The normalized spacial score (nSPS) is 12.8. The van der Waals surface area contributed by atoms with E-state index in [1.165, 1.54) is 5.56 Å². The molecule has 0 N–H and O–H groups in total. The molecule has 1 atom stereocenters. The van der Waals surface area contributed by atoms with Gasteiger partial charge in [0.1, 0.15) is 0 Å². The van der Waals surface area contributed by atoms with Crippen molar-refractivity contribution in [3.05, 3.63) is 35.4 Å². The number of hydrogen-bond donors (Lipinski definition) is 0. The van der Waals surface area contributed by atoms with Crippen LogP contribution in [-0.2, 0) is 6.42 Å². The van der Waals surface area contributed by atoms with Gasteiger partial charge in [-0.15, -0.1) is 11.6 Å². The zero-order valence-electron chi connectivity index (χ0n) is 9.54. The molecule has 0 saturated heterocycles. The van der Waals surface area contributed by atoms with Crippen LogP contribution in [-0.4, -0.2) is 16.5 Å². The molecule has 16 heavy (non-hydrogen) atoms. The fraction of sp³-hybridized carbons (Fsp3) is 0.462. The maximum absolute atomic E-state index is 11.8. The van der Waals surface area contributed by atoms with Gasteiger partial charge >= 0.3 is 0 Å². The van der Waals surface area contributed by atoms with Crippen molar-refractivity contribution in [2.75, 3.05) is 5.88 Å². The Balaban J connectivity index is 2.74. The summed E-state index contributed by atoms with van der Waals surface area (Å²) in [5.41, 5.74) is 1.98. The highest BCUT2D eigenvalue weighted by Crippen LogP contribution is 2.14. The summed E-state index contributed by atoms with van der Waals surface area (Å²) in [5, 5.41) is 0. The molecule has 0 fully saturated rings. The van der Waals surface area contributed by atoms with Crippen LogP contribution in [0.1, 0.15) is 29.8 Å². The van der Waals surface area contributed by atoms with E-state index in [-0.39, 0.29) is 10.6 Å². The first kappa shape index (κ1) is 13.7. The van der Waals surface area contributed by atoms with Gasteiger partial charge in [0.2, 0.25) is 0 Å². The summed E-state index contributed by atoms with van der Waals surface area (Å²) < 4.78 is 0. The molecule has 88 valence electrons. The van der Waals surface area contributed by atoms with Crippen LogP contribution in [0.3, 0.4) is 0 Å². The van der Waals surface area contributed by atoms with Crippen LogP contribution in [0.25, 0.3) is 0 Å². The highest BCUT2D eigenvalue weighted by atomic mass is 79.9. The molecular formula is C13H16BrClO. The molecule has 1 aromatic carbocycles. The summed E-state index contributed by atoms with van der Waals surface area (Å²) >= 11 is 8.89. The molecule has 1 aromatic rings. The Morgan fingerprint density at radius 3 is 2.31 bits per heavy atom. The number of benzene rings is 1. The van der Waals surface area contributed by atoms with Crippen LogP contribution >= 0.6 is 27.5 Å². The van der Waals surface area contributed by atoms with Gasteiger partial charge in [-0.05, 0) is 17.9 Å². The first-order chi connectivity index (χ1) is 7.54. The molecule has 0 aromatic heterocycles. The number of Topliss-reactive ketones (excluding diaryl/α,β-unsaturated/α-hetero) is 1. The Morgan fingerprint density at radius 1 is 1.31 bits per heavy atom. The molecule has 3 heteroatoms. The number of alkyl halides is 2. The SMILES string of the molecule is CC(C)Cc1ccc(C(=O)C(Br)CCl)cc1.